The van der Waals surface area contributed by atoms with Crippen LogP contribution < -0.4 is 14.2 Å². The Kier molecular flexibility index (Phi) is 6.59. The monoisotopic (exact) mass is 521 g/mol. The summed E-state index contributed by atoms with van der Waals surface area (Å²) in [6.07, 6.45) is 0. The van der Waals surface area contributed by atoms with E-state index in [1.165, 1.54) is 5.39 Å². The van der Waals surface area contributed by atoms with E-state index in [1.54, 1.807) is 14.2 Å². The van der Waals surface area contributed by atoms with Crippen LogP contribution in [0.25, 0.3) is 32.9 Å². The maximum absolute atomic E-state index is 6.06. The van der Waals surface area contributed by atoms with Crippen molar-refractivity contribution >= 4 is 27.4 Å². The number of benzene rings is 4. The smallest absolute Gasteiger partial charge is 0.161 e. The minimum Gasteiger partial charge on any atom is -0.493 e. The van der Waals surface area contributed by atoms with Crippen molar-refractivity contribution in [3.05, 3.63) is 89.5 Å². The highest BCUT2D eigenvalue weighted by molar-refractivity contribution is 6.30. The zero-order valence-corrected chi connectivity index (χ0v) is 22.6. The normalized spacial score (nSPS) is 13.2. The second-order valence-electron chi connectivity index (χ2n) is 9.84. The molecule has 198 valence electrons. The number of likely N-dealkylation sites (N-methyl/N-ethyl adjacent to an activating group) is 1. The van der Waals surface area contributed by atoms with E-state index in [0.717, 1.165) is 62.2 Å². The number of oxime groups is 1. The van der Waals surface area contributed by atoms with Crippen LogP contribution in [0, 0.1) is 0 Å². The molecule has 5 aromatic rings. The van der Waals surface area contributed by atoms with Crippen LogP contribution in [0.5, 0.6) is 17.2 Å². The van der Waals surface area contributed by atoms with Crippen molar-refractivity contribution in [2.45, 2.75) is 6.61 Å². The van der Waals surface area contributed by atoms with Crippen molar-refractivity contribution < 1.29 is 19.0 Å². The van der Waals surface area contributed by atoms with Crippen molar-refractivity contribution in [1.82, 2.24) is 9.88 Å². The van der Waals surface area contributed by atoms with Gasteiger partial charge in [-0.3, -0.25) is 0 Å². The molecule has 1 aromatic heterocycles. The Labute approximate surface area is 227 Å². The molecule has 0 fully saturated rings. The molecule has 7 nitrogen and oxygen atoms in total. The van der Waals surface area contributed by atoms with Gasteiger partial charge in [0.25, 0.3) is 0 Å². The molecular weight excluding hydrogens is 490 g/mol. The Balaban J connectivity index is 1.42. The largest absolute Gasteiger partial charge is 0.493 e. The number of nitrogens with one attached hydrogen (secondary N) is 1. The molecule has 4 aromatic carbocycles. The fourth-order valence-electron chi connectivity index (χ4n) is 5.15. The maximum Gasteiger partial charge on any atom is 0.161 e. The molecule has 1 N–H and O–H groups in total. The van der Waals surface area contributed by atoms with E-state index in [9.17, 15) is 0 Å². The van der Waals surface area contributed by atoms with E-state index in [4.69, 9.17) is 24.2 Å². The minimum absolute atomic E-state index is 0.351. The van der Waals surface area contributed by atoms with Gasteiger partial charge in [0.2, 0.25) is 0 Å². The van der Waals surface area contributed by atoms with Crippen molar-refractivity contribution in [3.8, 4) is 28.5 Å². The Bertz CT molecular complexity index is 1700. The lowest BCUT2D eigenvalue weighted by Gasteiger charge is -2.12. The molecule has 7 heteroatoms. The van der Waals surface area contributed by atoms with Gasteiger partial charge in [0.05, 0.1) is 19.9 Å². The van der Waals surface area contributed by atoms with Crippen LogP contribution in [0.15, 0.2) is 78.0 Å². The number of rotatable bonds is 9. The van der Waals surface area contributed by atoms with Crippen molar-refractivity contribution in [1.29, 1.82) is 0 Å². The third-order valence-corrected chi connectivity index (χ3v) is 7.12. The Hall–Kier alpha value is -4.49. The van der Waals surface area contributed by atoms with Crippen LogP contribution in [0.3, 0.4) is 0 Å². The van der Waals surface area contributed by atoms with E-state index in [1.807, 2.05) is 56.6 Å². The van der Waals surface area contributed by atoms with Gasteiger partial charge >= 0.3 is 0 Å². The number of nitrogens with zero attached hydrogens (tertiary/aromatic N) is 2. The Morgan fingerprint density at radius 1 is 0.821 bits per heavy atom. The second kappa shape index (κ2) is 10.3. The average Bonchev–Trinajstić information content (AvgIpc) is 3.46. The first kappa shape index (κ1) is 24.8. The van der Waals surface area contributed by atoms with E-state index < -0.39 is 0 Å². The fourth-order valence-corrected chi connectivity index (χ4v) is 5.15. The predicted molar refractivity (Wildman–Crippen MR) is 155 cm³/mol. The zero-order valence-electron chi connectivity index (χ0n) is 22.6. The molecule has 0 saturated heterocycles. The van der Waals surface area contributed by atoms with Crippen LogP contribution in [0.2, 0.25) is 0 Å². The molecule has 1 heterocycles. The van der Waals surface area contributed by atoms with Crippen LogP contribution in [-0.2, 0) is 11.4 Å². The zero-order chi connectivity index (χ0) is 26.9. The van der Waals surface area contributed by atoms with E-state index in [-0.39, 0.29) is 0 Å². The van der Waals surface area contributed by atoms with Crippen LogP contribution in [0.1, 0.15) is 16.7 Å². The summed E-state index contributed by atoms with van der Waals surface area (Å²) >= 11 is 0. The predicted octanol–water partition coefficient (Wildman–Crippen LogP) is 6.23. The first-order chi connectivity index (χ1) is 19.1. The summed E-state index contributed by atoms with van der Waals surface area (Å²) in [4.78, 5) is 11.7. The Morgan fingerprint density at radius 3 is 2.38 bits per heavy atom. The number of ether oxygens (including phenoxy) is 3. The quantitative estimate of drug-likeness (QED) is 0.229. The highest BCUT2D eigenvalue weighted by Gasteiger charge is 2.32. The van der Waals surface area contributed by atoms with Crippen molar-refractivity contribution in [2.24, 2.45) is 5.16 Å². The van der Waals surface area contributed by atoms with Gasteiger partial charge in [-0.05, 0) is 60.8 Å². The molecule has 6 rings (SSSR count). The van der Waals surface area contributed by atoms with E-state index in [2.05, 4.69) is 40.2 Å². The molecule has 1 aliphatic rings. The summed E-state index contributed by atoms with van der Waals surface area (Å²) in [7, 11) is 7.35. The van der Waals surface area contributed by atoms with Gasteiger partial charge in [0.1, 0.15) is 24.7 Å². The number of fused-ring (bicyclic) bond motifs is 6. The topological polar surface area (TPSA) is 68.3 Å². The fraction of sp³-hybridized carbons (Fsp3) is 0.219. The first-order valence-corrected chi connectivity index (χ1v) is 12.9. The highest BCUT2D eigenvalue weighted by Crippen LogP contribution is 2.46. The van der Waals surface area contributed by atoms with Crippen molar-refractivity contribution in [2.75, 3.05) is 41.5 Å². The van der Waals surface area contributed by atoms with Gasteiger partial charge in [-0.2, -0.15) is 0 Å². The van der Waals surface area contributed by atoms with Gasteiger partial charge in [-0.15, -0.1) is 0 Å². The summed E-state index contributed by atoms with van der Waals surface area (Å²) in [5, 5.41) is 8.09. The van der Waals surface area contributed by atoms with Crippen LogP contribution >= 0.6 is 0 Å². The average molecular weight is 522 g/mol. The maximum atomic E-state index is 6.06. The summed E-state index contributed by atoms with van der Waals surface area (Å²) in [6, 6.07) is 24.6. The molecule has 0 unspecified atom stereocenters. The van der Waals surface area contributed by atoms with Gasteiger partial charge < -0.3 is 28.9 Å². The van der Waals surface area contributed by atoms with Crippen molar-refractivity contribution in [3.63, 3.8) is 0 Å². The number of methoxy groups -OCH3 is 2. The lowest BCUT2D eigenvalue weighted by atomic mass is 10.1. The van der Waals surface area contributed by atoms with Crippen LogP contribution in [-0.4, -0.2) is 57.1 Å². The molecule has 39 heavy (non-hydrogen) atoms. The lowest BCUT2D eigenvalue weighted by molar-refractivity contribution is 0.132. The summed E-state index contributed by atoms with van der Waals surface area (Å²) in [5.41, 5.74) is 6.69. The summed E-state index contributed by atoms with van der Waals surface area (Å²) < 4.78 is 17.3. The van der Waals surface area contributed by atoms with Gasteiger partial charge in [-0.25, -0.2) is 0 Å². The number of hydrogen-bond donors (Lipinski definition) is 1. The summed E-state index contributed by atoms with van der Waals surface area (Å²) in [6.45, 7) is 1.79. The number of hydrogen-bond acceptors (Lipinski definition) is 6. The SMILES string of the molecule is COc1cc2c(cc1OC)-c1[nH]c3ccc(OCCN(C)C)cc3c1C2=NOCc1cccc2ccccc12. The third kappa shape index (κ3) is 4.55. The molecule has 0 aliphatic heterocycles. The van der Waals surface area contributed by atoms with Gasteiger partial charge in [-0.1, -0.05) is 47.6 Å². The minimum atomic E-state index is 0.351. The molecule has 0 saturated carbocycles. The number of aromatic nitrogens is 1. The molecule has 1 aliphatic carbocycles. The number of H-pyrrole nitrogens is 1. The summed E-state index contributed by atoms with van der Waals surface area (Å²) in [5.74, 6) is 2.11. The first-order valence-electron chi connectivity index (χ1n) is 12.9. The molecule has 0 amide bonds. The molecular formula is C32H31N3O4. The third-order valence-electron chi connectivity index (χ3n) is 7.12. The lowest BCUT2D eigenvalue weighted by Crippen LogP contribution is -2.19. The van der Waals surface area contributed by atoms with Crippen LogP contribution in [0.4, 0.5) is 0 Å². The molecule has 0 bridgehead atoms. The van der Waals surface area contributed by atoms with E-state index >= 15 is 0 Å². The molecule has 0 spiro atoms. The number of aromatic amines is 1. The van der Waals surface area contributed by atoms with Gasteiger partial charge in [0, 0.05) is 34.1 Å². The van der Waals surface area contributed by atoms with Gasteiger partial charge in [0.15, 0.2) is 11.5 Å². The van der Waals surface area contributed by atoms with E-state index in [0.29, 0.717) is 24.7 Å². The highest BCUT2D eigenvalue weighted by atomic mass is 16.6. The molecule has 0 atom stereocenters. The standard InChI is InChI=1S/C32H31N3O4/c1-35(2)14-15-38-22-12-13-27-26(16-22)30-31(33-27)24-17-28(36-3)29(37-4)18-25(24)32(30)34-39-19-21-10-7-9-20-8-5-6-11-23(20)21/h5-13,16-18,33H,14-15,19H2,1-4H3. The molecule has 0 radical (unpaired) electrons. The Morgan fingerprint density at radius 2 is 1.59 bits per heavy atom. The second-order valence-corrected chi connectivity index (χ2v) is 9.84.